The number of fused-ring (bicyclic) bond motifs is 1. The van der Waals surface area contributed by atoms with Crippen LogP contribution in [0.1, 0.15) is 23.2 Å². The van der Waals surface area contributed by atoms with Crippen LogP contribution in [0.4, 0.5) is 4.39 Å². The summed E-state index contributed by atoms with van der Waals surface area (Å²) < 4.78 is 14.8. The molecule has 160 valence electrons. The highest BCUT2D eigenvalue weighted by Gasteiger charge is 2.39. The van der Waals surface area contributed by atoms with E-state index in [1.165, 1.54) is 23.0 Å². The molecule has 0 saturated heterocycles. The van der Waals surface area contributed by atoms with Gasteiger partial charge in [-0.3, -0.25) is 4.79 Å². The van der Waals surface area contributed by atoms with E-state index in [0.29, 0.717) is 23.7 Å². The van der Waals surface area contributed by atoms with E-state index < -0.39 is 5.97 Å². The van der Waals surface area contributed by atoms with Crippen molar-refractivity contribution in [3.05, 3.63) is 95.5 Å². The number of carboxylic acids is 1. The number of hydrogen-bond donors (Lipinski definition) is 2. The Morgan fingerprint density at radius 2 is 1.88 bits per heavy atom. The molecule has 4 aromatic rings. The van der Waals surface area contributed by atoms with E-state index in [4.69, 9.17) is 10.1 Å². The summed E-state index contributed by atoms with van der Waals surface area (Å²) in [5.41, 5.74) is 3.79. The number of aliphatic carboxylic acids is 1. The van der Waals surface area contributed by atoms with Gasteiger partial charge in [0.2, 0.25) is 0 Å². The molecule has 2 N–H and O–H groups in total. The number of benzene rings is 2. The second-order valence-corrected chi connectivity index (χ2v) is 8.72. The molecule has 0 aliphatic heterocycles. The lowest BCUT2D eigenvalue weighted by atomic mass is 9.89. The summed E-state index contributed by atoms with van der Waals surface area (Å²) in [6.45, 7) is 0.744. The maximum atomic E-state index is 14.8. The molecule has 2 aromatic carbocycles. The summed E-state index contributed by atoms with van der Waals surface area (Å²) in [6.07, 6.45) is 4.31. The van der Waals surface area contributed by atoms with E-state index in [2.05, 4.69) is 34.6 Å². The van der Waals surface area contributed by atoms with Crippen LogP contribution in [0.15, 0.2) is 72.8 Å². The summed E-state index contributed by atoms with van der Waals surface area (Å²) >= 11 is 1.38. The zero-order valence-corrected chi connectivity index (χ0v) is 17.9. The van der Waals surface area contributed by atoms with Crippen LogP contribution >= 0.6 is 11.3 Å². The van der Waals surface area contributed by atoms with Gasteiger partial charge in [-0.05, 0) is 35.4 Å². The second kappa shape index (κ2) is 8.26. The monoisotopic (exact) mass is 445 g/mol. The molecule has 0 saturated carbocycles. The van der Waals surface area contributed by atoms with Crippen LogP contribution in [0.5, 0.6) is 0 Å². The van der Waals surface area contributed by atoms with Gasteiger partial charge >= 0.3 is 5.97 Å². The largest absolute Gasteiger partial charge is 0.481 e. The van der Waals surface area contributed by atoms with Gasteiger partial charge in [-0.2, -0.15) is 0 Å². The first-order valence-electron chi connectivity index (χ1n) is 10.3. The second-order valence-electron chi connectivity index (χ2n) is 7.74. The average Bonchev–Trinajstić information content (AvgIpc) is 3.50. The summed E-state index contributed by atoms with van der Waals surface area (Å²) in [4.78, 5) is 20.8. The molecular weight excluding hydrogens is 425 g/mol. The lowest BCUT2D eigenvalue weighted by Crippen LogP contribution is -2.17. The maximum Gasteiger partial charge on any atom is 0.304 e. The van der Waals surface area contributed by atoms with Crippen molar-refractivity contribution >= 4 is 27.7 Å². The molecule has 0 atom stereocenters. The number of pyridine rings is 1. The van der Waals surface area contributed by atoms with Crippen molar-refractivity contribution in [1.29, 1.82) is 0 Å². The van der Waals surface area contributed by atoms with Crippen molar-refractivity contribution in [2.75, 3.05) is 6.54 Å². The third-order valence-corrected chi connectivity index (χ3v) is 6.54. The number of carboxylic acid groups (broad SMARTS) is 1. The van der Waals surface area contributed by atoms with Gasteiger partial charge in [-0.1, -0.05) is 59.9 Å². The number of allylic oxidation sites excluding steroid dienone is 2. The van der Waals surface area contributed by atoms with Crippen molar-refractivity contribution in [3.8, 4) is 10.6 Å². The molecule has 5 rings (SSSR count). The van der Waals surface area contributed by atoms with Crippen LogP contribution in [-0.4, -0.2) is 27.6 Å². The van der Waals surface area contributed by atoms with Crippen molar-refractivity contribution in [1.82, 2.24) is 15.3 Å². The van der Waals surface area contributed by atoms with Gasteiger partial charge in [-0.25, -0.2) is 14.4 Å². The molecule has 0 fully saturated rings. The van der Waals surface area contributed by atoms with E-state index in [1.807, 2.05) is 36.4 Å². The molecule has 0 spiro atoms. The van der Waals surface area contributed by atoms with Gasteiger partial charge in [-0.15, -0.1) is 0 Å². The first-order valence-corrected chi connectivity index (χ1v) is 11.1. The molecule has 0 unspecified atom stereocenters. The minimum atomic E-state index is -0.862. The van der Waals surface area contributed by atoms with E-state index >= 15 is 0 Å². The van der Waals surface area contributed by atoms with Crippen LogP contribution < -0.4 is 5.32 Å². The lowest BCUT2D eigenvalue weighted by molar-refractivity contribution is -0.136. The van der Waals surface area contributed by atoms with Gasteiger partial charge in [0.15, 0.2) is 0 Å². The molecule has 1 aliphatic carbocycles. The number of hydrogen-bond acceptors (Lipinski definition) is 5. The Labute approximate surface area is 188 Å². The summed E-state index contributed by atoms with van der Waals surface area (Å²) in [5, 5.41) is 12.3. The molecule has 32 heavy (non-hydrogen) atoms. The fourth-order valence-electron chi connectivity index (χ4n) is 3.74. The molecule has 0 bridgehead atoms. The zero-order chi connectivity index (χ0) is 22.1. The summed E-state index contributed by atoms with van der Waals surface area (Å²) in [6, 6.07) is 19.2. The van der Waals surface area contributed by atoms with Crippen molar-refractivity contribution in [3.63, 3.8) is 0 Å². The Morgan fingerprint density at radius 3 is 2.59 bits per heavy atom. The highest BCUT2D eigenvalue weighted by atomic mass is 32.1. The molecule has 2 heterocycles. The highest BCUT2D eigenvalue weighted by molar-refractivity contribution is 7.21. The normalized spacial score (nSPS) is 14.0. The Bertz CT molecular complexity index is 1330. The number of rotatable bonds is 8. The Kier molecular flexibility index (Phi) is 5.28. The van der Waals surface area contributed by atoms with Crippen LogP contribution in [0.2, 0.25) is 0 Å². The number of thiazole rings is 1. The predicted octanol–water partition coefficient (Wildman–Crippen LogP) is 4.92. The smallest absolute Gasteiger partial charge is 0.304 e. The fraction of sp³-hybridized carbons (Fsp3) is 0.160. The number of aromatic nitrogens is 2. The van der Waals surface area contributed by atoms with Gasteiger partial charge in [0.05, 0.1) is 17.5 Å². The predicted molar refractivity (Wildman–Crippen MR) is 123 cm³/mol. The average molecular weight is 446 g/mol. The van der Waals surface area contributed by atoms with Gasteiger partial charge in [0, 0.05) is 18.7 Å². The van der Waals surface area contributed by atoms with Crippen molar-refractivity contribution in [2.45, 2.75) is 18.4 Å². The van der Waals surface area contributed by atoms with Crippen molar-refractivity contribution in [2.24, 2.45) is 0 Å². The molecule has 5 nitrogen and oxygen atoms in total. The Morgan fingerprint density at radius 1 is 1.06 bits per heavy atom. The van der Waals surface area contributed by atoms with Crippen LogP contribution in [0, 0.1) is 5.82 Å². The van der Waals surface area contributed by atoms with Crippen LogP contribution in [-0.2, 0) is 16.8 Å². The molecular formula is C25H20FN3O2S. The zero-order valence-electron chi connectivity index (χ0n) is 17.1. The van der Waals surface area contributed by atoms with E-state index in [0.717, 1.165) is 21.6 Å². The molecule has 0 amide bonds. The van der Waals surface area contributed by atoms with Gasteiger partial charge in [0.1, 0.15) is 21.2 Å². The molecule has 7 heteroatoms. The van der Waals surface area contributed by atoms with Crippen LogP contribution in [0.3, 0.4) is 0 Å². The van der Waals surface area contributed by atoms with E-state index in [-0.39, 0.29) is 17.7 Å². The van der Waals surface area contributed by atoms with Gasteiger partial charge in [0.25, 0.3) is 0 Å². The SMILES string of the molecule is O=C(O)CCNCc1ccc(-c2nc3ccc(C4(c5ccccc5)C=C4)nc3s2)c(F)c1. The number of halogens is 1. The first-order chi connectivity index (χ1) is 15.5. The van der Waals surface area contributed by atoms with Crippen molar-refractivity contribution < 1.29 is 14.3 Å². The Hall–Kier alpha value is -3.42. The topological polar surface area (TPSA) is 75.1 Å². The third kappa shape index (κ3) is 3.92. The van der Waals surface area contributed by atoms with E-state index in [1.54, 1.807) is 6.07 Å². The molecule has 0 radical (unpaired) electrons. The minimum Gasteiger partial charge on any atom is -0.481 e. The quantitative estimate of drug-likeness (QED) is 0.298. The van der Waals surface area contributed by atoms with Crippen LogP contribution in [0.25, 0.3) is 20.9 Å². The highest BCUT2D eigenvalue weighted by Crippen LogP contribution is 2.45. The van der Waals surface area contributed by atoms with E-state index in [9.17, 15) is 9.18 Å². The van der Waals surface area contributed by atoms with Gasteiger partial charge < -0.3 is 10.4 Å². The third-order valence-electron chi connectivity index (χ3n) is 5.54. The number of nitrogens with zero attached hydrogens (tertiary/aromatic N) is 2. The Balaban J connectivity index is 1.38. The summed E-state index contributed by atoms with van der Waals surface area (Å²) in [5.74, 6) is -1.22. The molecule has 2 aromatic heterocycles. The minimum absolute atomic E-state index is 0.0301. The maximum absolute atomic E-state index is 14.8. The fourth-order valence-corrected chi connectivity index (χ4v) is 4.71. The lowest BCUT2D eigenvalue weighted by Gasteiger charge is -2.15. The number of carbonyl (C=O) groups is 1. The summed E-state index contributed by atoms with van der Waals surface area (Å²) in [7, 11) is 0. The first kappa shape index (κ1) is 20.5. The standard InChI is InChI=1S/C25H20FN3O2S/c26-19-14-16(15-27-13-10-22(30)31)6-7-18(19)23-28-20-8-9-21(29-24(20)32-23)25(11-12-25)17-4-2-1-3-5-17/h1-9,11-12,14,27H,10,13,15H2,(H,30,31). The molecule has 1 aliphatic rings. The number of nitrogens with one attached hydrogen (secondary N) is 1.